The van der Waals surface area contributed by atoms with Crippen LogP contribution in [0.1, 0.15) is 19.3 Å². The summed E-state index contributed by atoms with van der Waals surface area (Å²) in [5.41, 5.74) is 0.197. The highest BCUT2D eigenvalue weighted by molar-refractivity contribution is 5.85. The Balaban J connectivity index is 0.00000192. The van der Waals surface area contributed by atoms with E-state index in [9.17, 15) is 9.59 Å². The zero-order chi connectivity index (χ0) is 15.7. The molecule has 0 bridgehead atoms. The van der Waals surface area contributed by atoms with Gasteiger partial charge in [0.15, 0.2) is 11.2 Å². The van der Waals surface area contributed by atoms with E-state index in [-0.39, 0.29) is 23.7 Å². The Morgan fingerprint density at radius 3 is 2.70 bits per heavy atom. The molecule has 0 atom stereocenters. The molecule has 1 aliphatic rings. The molecule has 0 fully saturated rings. The largest absolute Gasteiger partial charge is 0.372 e. The standard InChI is InChI=1S/C14H20N6O2.ClH/c1-18-12-11(13(21)19(2)14(18)22)20(9-17-12)8-7-16-10-5-3-4-6-15-10;/h9H,3-8H2,1-2H3,(H,15,16);1H. The van der Waals surface area contributed by atoms with E-state index in [1.807, 2.05) is 0 Å². The van der Waals surface area contributed by atoms with Crippen molar-refractivity contribution in [1.29, 1.82) is 0 Å². The van der Waals surface area contributed by atoms with E-state index in [0.717, 1.165) is 29.8 Å². The molecule has 0 amide bonds. The minimum absolute atomic E-state index is 0. The molecular weight excluding hydrogens is 320 g/mol. The Morgan fingerprint density at radius 1 is 1.22 bits per heavy atom. The lowest BCUT2D eigenvalue weighted by Gasteiger charge is -2.14. The zero-order valence-electron chi connectivity index (χ0n) is 13.3. The second kappa shape index (κ2) is 6.99. The first-order chi connectivity index (χ1) is 10.6. The second-order valence-corrected chi connectivity index (χ2v) is 5.53. The number of nitrogens with zero attached hydrogens (tertiary/aromatic N) is 5. The lowest BCUT2D eigenvalue weighted by Crippen LogP contribution is -2.38. The highest BCUT2D eigenvalue weighted by Gasteiger charge is 2.14. The van der Waals surface area contributed by atoms with Gasteiger partial charge in [-0.15, -0.1) is 12.4 Å². The molecule has 0 radical (unpaired) electrons. The molecule has 0 unspecified atom stereocenters. The molecule has 9 heteroatoms. The van der Waals surface area contributed by atoms with Crippen LogP contribution < -0.4 is 16.6 Å². The number of halogens is 1. The number of imidazole rings is 1. The van der Waals surface area contributed by atoms with Crippen molar-refractivity contribution in [1.82, 2.24) is 24.0 Å². The fourth-order valence-corrected chi connectivity index (χ4v) is 2.73. The summed E-state index contributed by atoms with van der Waals surface area (Å²) in [7, 11) is 3.10. The molecule has 2 aromatic heterocycles. The van der Waals surface area contributed by atoms with Gasteiger partial charge >= 0.3 is 5.69 Å². The maximum absolute atomic E-state index is 12.3. The minimum atomic E-state index is -0.363. The monoisotopic (exact) mass is 340 g/mol. The van der Waals surface area contributed by atoms with Gasteiger partial charge in [-0.1, -0.05) is 0 Å². The van der Waals surface area contributed by atoms with Gasteiger partial charge in [-0.25, -0.2) is 9.78 Å². The Labute approximate surface area is 139 Å². The highest BCUT2D eigenvalue weighted by atomic mass is 35.5. The van der Waals surface area contributed by atoms with Crippen LogP contribution in [-0.2, 0) is 20.6 Å². The van der Waals surface area contributed by atoms with Crippen molar-refractivity contribution in [3.8, 4) is 0 Å². The lowest BCUT2D eigenvalue weighted by molar-refractivity contribution is 0.652. The summed E-state index contributed by atoms with van der Waals surface area (Å²) >= 11 is 0. The van der Waals surface area contributed by atoms with Crippen LogP contribution >= 0.6 is 12.4 Å². The maximum Gasteiger partial charge on any atom is 0.332 e. The Morgan fingerprint density at radius 2 is 2.00 bits per heavy atom. The van der Waals surface area contributed by atoms with Crippen LogP contribution in [0.3, 0.4) is 0 Å². The van der Waals surface area contributed by atoms with Crippen LogP contribution in [0.4, 0.5) is 0 Å². The van der Waals surface area contributed by atoms with Gasteiger partial charge in [-0.3, -0.25) is 18.9 Å². The van der Waals surface area contributed by atoms with Crippen LogP contribution in [-0.4, -0.2) is 37.6 Å². The summed E-state index contributed by atoms with van der Waals surface area (Å²) in [5.74, 6) is 1.04. The molecular formula is C14H21ClN6O2. The smallest absolute Gasteiger partial charge is 0.332 e. The Kier molecular flexibility index (Phi) is 5.25. The zero-order valence-corrected chi connectivity index (χ0v) is 14.1. The van der Waals surface area contributed by atoms with E-state index >= 15 is 0 Å². The van der Waals surface area contributed by atoms with Crippen molar-refractivity contribution in [2.75, 3.05) is 13.1 Å². The van der Waals surface area contributed by atoms with Gasteiger partial charge in [0.1, 0.15) is 0 Å². The van der Waals surface area contributed by atoms with Gasteiger partial charge in [-0.05, 0) is 12.8 Å². The first kappa shape index (κ1) is 17.3. The SMILES string of the molecule is Cl.Cn1c(=O)c2c(ncn2CCNC2=NCCCC2)n(C)c1=O. The summed E-state index contributed by atoms with van der Waals surface area (Å²) in [4.78, 5) is 32.8. The number of aliphatic imine (C=N–C) groups is 1. The van der Waals surface area contributed by atoms with Gasteiger partial charge in [0.25, 0.3) is 5.56 Å². The third-order valence-corrected chi connectivity index (χ3v) is 4.02. The first-order valence-electron chi connectivity index (χ1n) is 7.47. The molecule has 0 saturated carbocycles. The summed E-state index contributed by atoms with van der Waals surface area (Å²) < 4.78 is 4.29. The third-order valence-electron chi connectivity index (χ3n) is 4.02. The number of aromatic nitrogens is 4. The third kappa shape index (κ3) is 3.17. The lowest BCUT2D eigenvalue weighted by atomic mass is 10.2. The maximum atomic E-state index is 12.3. The number of fused-ring (bicyclic) bond motifs is 1. The topological polar surface area (TPSA) is 86.2 Å². The summed E-state index contributed by atoms with van der Waals surface area (Å²) in [6, 6.07) is 0. The normalized spacial score (nSPS) is 14.4. The van der Waals surface area contributed by atoms with Gasteiger partial charge in [0, 0.05) is 40.2 Å². The number of aryl methyl sites for hydroxylation is 1. The Hall–Kier alpha value is -2.09. The molecule has 3 rings (SSSR count). The van der Waals surface area contributed by atoms with E-state index in [0.29, 0.717) is 24.3 Å². The molecule has 0 aromatic carbocycles. The number of amidine groups is 1. The van der Waals surface area contributed by atoms with Gasteiger partial charge in [-0.2, -0.15) is 0 Å². The van der Waals surface area contributed by atoms with Crippen molar-refractivity contribution >= 4 is 29.4 Å². The number of rotatable bonds is 3. The highest BCUT2D eigenvalue weighted by Crippen LogP contribution is 2.06. The fourth-order valence-electron chi connectivity index (χ4n) is 2.73. The quantitative estimate of drug-likeness (QED) is 0.854. The number of nitrogens with one attached hydrogen (secondary N) is 1. The molecule has 23 heavy (non-hydrogen) atoms. The molecule has 0 aliphatic carbocycles. The van der Waals surface area contributed by atoms with Crippen molar-refractivity contribution < 1.29 is 0 Å². The molecule has 126 valence electrons. The van der Waals surface area contributed by atoms with Crippen molar-refractivity contribution in [2.24, 2.45) is 19.1 Å². The van der Waals surface area contributed by atoms with Crippen molar-refractivity contribution in [3.05, 3.63) is 27.2 Å². The molecule has 3 heterocycles. The molecule has 1 aliphatic heterocycles. The van der Waals surface area contributed by atoms with Crippen LogP contribution in [0, 0.1) is 0 Å². The predicted molar refractivity (Wildman–Crippen MR) is 91.6 cm³/mol. The van der Waals surface area contributed by atoms with Crippen molar-refractivity contribution in [2.45, 2.75) is 25.8 Å². The molecule has 2 aromatic rings. The minimum Gasteiger partial charge on any atom is -0.372 e. The fraction of sp³-hybridized carbons (Fsp3) is 0.571. The first-order valence-corrected chi connectivity index (χ1v) is 7.47. The van der Waals surface area contributed by atoms with E-state index in [1.165, 1.54) is 18.0 Å². The molecule has 1 N–H and O–H groups in total. The van der Waals surface area contributed by atoms with Gasteiger partial charge in [0.05, 0.1) is 12.2 Å². The van der Waals surface area contributed by atoms with Gasteiger partial charge < -0.3 is 9.88 Å². The second-order valence-electron chi connectivity index (χ2n) is 5.53. The Bertz CT molecular complexity index is 847. The predicted octanol–water partition coefficient (Wildman–Crippen LogP) is 0.0275. The van der Waals surface area contributed by atoms with Gasteiger partial charge in [0.2, 0.25) is 0 Å². The molecule has 0 spiro atoms. The van der Waals surface area contributed by atoms with E-state index in [1.54, 1.807) is 17.9 Å². The molecule has 0 saturated heterocycles. The summed E-state index contributed by atoms with van der Waals surface area (Å²) in [6.45, 7) is 2.16. The van der Waals surface area contributed by atoms with E-state index in [4.69, 9.17) is 0 Å². The van der Waals surface area contributed by atoms with Crippen LogP contribution in [0.2, 0.25) is 0 Å². The van der Waals surface area contributed by atoms with Crippen LogP contribution in [0.5, 0.6) is 0 Å². The summed E-state index contributed by atoms with van der Waals surface area (Å²) in [5, 5.41) is 3.31. The average molecular weight is 341 g/mol. The number of hydrogen-bond acceptors (Lipinski definition) is 5. The average Bonchev–Trinajstić information content (AvgIpc) is 2.96. The van der Waals surface area contributed by atoms with E-state index < -0.39 is 0 Å². The summed E-state index contributed by atoms with van der Waals surface area (Å²) in [6.07, 6.45) is 4.92. The van der Waals surface area contributed by atoms with E-state index in [2.05, 4.69) is 15.3 Å². The molecule has 8 nitrogen and oxygen atoms in total. The van der Waals surface area contributed by atoms with Crippen LogP contribution in [0.25, 0.3) is 11.2 Å². The number of hydrogen-bond donors (Lipinski definition) is 1. The van der Waals surface area contributed by atoms with Crippen LogP contribution in [0.15, 0.2) is 20.9 Å². The van der Waals surface area contributed by atoms with Crippen molar-refractivity contribution in [3.63, 3.8) is 0 Å².